The highest BCUT2D eigenvalue weighted by Crippen LogP contribution is 2.45. The molecule has 0 amide bonds. The highest BCUT2D eigenvalue weighted by Gasteiger charge is 2.24. The van der Waals surface area contributed by atoms with Gasteiger partial charge < -0.3 is 13.7 Å². The zero-order valence-electron chi connectivity index (χ0n) is 60.6. The summed E-state index contributed by atoms with van der Waals surface area (Å²) in [7, 11) is 0. The van der Waals surface area contributed by atoms with Crippen LogP contribution in [0.4, 0.5) is 0 Å². The van der Waals surface area contributed by atoms with Crippen molar-refractivity contribution in [3.05, 3.63) is 212 Å². The molecule has 0 aliphatic heterocycles. The average Bonchev–Trinajstić information content (AvgIpc) is 1.53. The van der Waals surface area contributed by atoms with Gasteiger partial charge in [0.05, 0.1) is 94.0 Å². The first-order valence-electron chi connectivity index (χ1n) is 33.0. The molecule has 3 heterocycles. The maximum Gasteiger partial charge on any atom is 0.0645 e. The smallest absolute Gasteiger partial charge is 0.0645 e. The molecule has 0 bridgehead atoms. The molecule has 0 aliphatic rings. The number of fused-ring (bicyclic) bond motifs is 9. The van der Waals surface area contributed by atoms with Crippen LogP contribution in [0.3, 0.4) is 0 Å². The fraction of sp³-hybridized carbons (Fsp3) is 0. The molecule has 0 fully saturated rings. The Hall–Kier alpha value is -7.62. The molecule has 0 aliphatic carbocycles. The Balaban J connectivity index is 1.43. The number of aromatic nitrogens is 3. The Bertz CT molecular complexity index is 5180. The quantitative estimate of drug-likeness (QED) is 0.166. The molecule has 0 N–H and O–H groups in total. The second kappa shape index (κ2) is 12.5. The Morgan fingerprint density at radius 2 is 0.649 bits per heavy atom. The van der Waals surface area contributed by atoms with Crippen molar-refractivity contribution in [2.75, 3.05) is 0 Å². The van der Waals surface area contributed by atoms with Crippen molar-refractivity contribution >= 4 is 65.4 Å². The van der Waals surface area contributed by atoms with E-state index in [1.165, 1.54) is 6.07 Å². The molecule has 3 nitrogen and oxygen atoms in total. The van der Waals surface area contributed by atoms with E-state index in [2.05, 4.69) is 0 Å². The van der Waals surface area contributed by atoms with Gasteiger partial charge in [0.2, 0.25) is 0 Å². The molecule has 12 aromatic rings. The molecular weight excluding hydrogens is 691 g/mol. The van der Waals surface area contributed by atoms with Crippen LogP contribution in [0.25, 0.3) is 105 Å². The van der Waals surface area contributed by atoms with Gasteiger partial charge >= 0.3 is 0 Å². The summed E-state index contributed by atoms with van der Waals surface area (Å²) in [5.74, 6) is 0. The largest absolute Gasteiger partial charge is 0.309 e. The number of nitrogens with zero attached hydrogens (tertiary/aromatic N) is 3. The zero-order valence-corrected chi connectivity index (χ0v) is 28.6. The molecule has 0 radical (unpaired) electrons. The van der Waals surface area contributed by atoms with Crippen molar-refractivity contribution in [3.8, 4) is 39.3 Å². The normalized spacial score (nSPS) is 19.7. The van der Waals surface area contributed by atoms with E-state index in [1.54, 1.807) is 0 Å². The van der Waals surface area contributed by atoms with E-state index in [1.807, 2.05) is 0 Å². The third-order valence-corrected chi connectivity index (χ3v) is 9.68. The fourth-order valence-corrected chi connectivity index (χ4v) is 7.50. The molecule has 0 spiro atoms. The minimum absolute atomic E-state index is 0.479. The first-order valence-corrected chi connectivity index (χ1v) is 17.0. The first-order chi connectivity index (χ1) is 41.6. The van der Waals surface area contributed by atoms with Gasteiger partial charge in [-0.1, -0.05) is 163 Å². The first kappa shape index (κ1) is 13.5. The third kappa shape index (κ3) is 4.60. The Morgan fingerprint density at radius 3 is 1.14 bits per heavy atom. The molecule has 12 rings (SSSR count). The lowest BCUT2D eigenvalue weighted by atomic mass is 9.95. The molecule has 57 heavy (non-hydrogen) atoms. The highest BCUT2D eigenvalue weighted by molar-refractivity contribution is 6.19. The van der Waals surface area contributed by atoms with E-state index < -0.39 is 298 Å². The molecule has 266 valence electrons. The summed E-state index contributed by atoms with van der Waals surface area (Å²) in [5.41, 5.74) is -8.89. The number of hydrogen-bond acceptors (Lipinski definition) is 0. The lowest BCUT2D eigenvalue weighted by Crippen LogP contribution is -2.01. The minimum atomic E-state index is -1.13. The fourth-order valence-electron chi connectivity index (χ4n) is 7.50. The predicted octanol–water partition coefficient (Wildman–Crippen LogP) is 14.3. The number of rotatable bonds is 5. The maximum absolute atomic E-state index is 9.98. The van der Waals surface area contributed by atoms with Crippen molar-refractivity contribution in [2.24, 2.45) is 0 Å². The van der Waals surface area contributed by atoms with Crippen molar-refractivity contribution in [1.82, 2.24) is 13.7 Å². The van der Waals surface area contributed by atoms with Gasteiger partial charge in [0.1, 0.15) is 0 Å². The predicted molar refractivity (Wildman–Crippen MR) is 240 cm³/mol. The second-order valence-electron chi connectivity index (χ2n) is 12.5. The summed E-state index contributed by atoms with van der Waals surface area (Å²) < 4.78 is 297. The Kier molecular flexibility index (Phi) is 2.96. The highest BCUT2D eigenvalue weighted by atomic mass is 15.0. The molecule has 3 aromatic heterocycles. The van der Waals surface area contributed by atoms with Gasteiger partial charge in [-0.3, -0.25) is 0 Å². The van der Waals surface area contributed by atoms with E-state index in [9.17, 15) is 21.9 Å². The number of para-hydroxylation sites is 5. The van der Waals surface area contributed by atoms with Gasteiger partial charge in [-0.05, 0) is 59.5 Å². The van der Waals surface area contributed by atoms with Crippen LogP contribution in [-0.2, 0) is 0 Å². The van der Waals surface area contributed by atoms with Crippen molar-refractivity contribution in [1.29, 1.82) is 0 Å². The van der Waals surface area contributed by atoms with Gasteiger partial charge in [0.25, 0.3) is 0 Å². The van der Waals surface area contributed by atoms with Crippen LogP contribution in [-0.4, -0.2) is 13.7 Å². The standard InChI is InChI=1S/C54H35N3/c1-3-18-36(19-4-1)38-26-15-27-39(37-20-5-2-6-21-37)54(38)57-47-31-14-10-25-43(47)53-50(34-17-35-51(53)57)56-46-30-13-9-24-42(46)52-48(32-16-33-49(52)56)55-44-28-11-7-22-40(44)41-23-8-12-29-45(41)55/h1-35H/i1D,2D,3D,4D,5D,6D,7D,8D,9D,10D,11D,12D,13D,14D,16D,17D,18D,19D,20D,21D,22D,23D,24D,25D,28D,29D,30D,31D,32D,33D,34D,35D. The summed E-state index contributed by atoms with van der Waals surface area (Å²) in [4.78, 5) is 0. The van der Waals surface area contributed by atoms with Gasteiger partial charge in [0, 0.05) is 43.4 Å². The van der Waals surface area contributed by atoms with Crippen LogP contribution in [0.5, 0.6) is 0 Å². The number of benzene rings is 9. The summed E-state index contributed by atoms with van der Waals surface area (Å²) in [5, 5.41) is -3.88. The van der Waals surface area contributed by atoms with Gasteiger partial charge in [-0.2, -0.15) is 0 Å². The van der Waals surface area contributed by atoms with Gasteiger partial charge in [-0.25, -0.2) is 0 Å². The van der Waals surface area contributed by atoms with Crippen LogP contribution in [0, 0.1) is 0 Å². The van der Waals surface area contributed by atoms with Crippen LogP contribution < -0.4 is 0 Å². The molecular formula is C54H35N3. The molecule has 3 heteroatoms. The van der Waals surface area contributed by atoms with E-state index in [-0.39, 0.29) is 0 Å². The van der Waals surface area contributed by atoms with Crippen LogP contribution in [0.15, 0.2) is 212 Å². The molecule has 0 saturated carbocycles. The number of hydrogen-bond donors (Lipinski definition) is 0. The van der Waals surface area contributed by atoms with Crippen molar-refractivity contribution in [3.63, 3.8) is 0 Å². The van der Waals surface area contributed by atoms with Crippen LogP contribution in [0.1, 0.15) is 43.9 Å². The Labute approximate surface area is 374 Å². The third-order valence-electron chi connectivity index (χ3n) is 9.68. The summed E-state index contributed by atoms with van der Waals surface area (Å²) in [6.45, 7) is 0. The topological polar surface area (TPSA) is 14.8 Å². The monoisotopic (exact) mass is 757 g/mol. The van der Waals surface area contributed by atoms with Crippen LogP contribution >= 0.6 is 0 Å². The molecule has 9 aromatic carbocycles. The van der Waals surface area contributed by atoms with Gasteiger partial charge in [-0.15, -0.1) is 0 Å². The van der Waals surface area contributed by atoms with E-state index in [0.29, 0.717) is 0 Å². The second-order valence-corrected chi connectivity index (χ2v) is 12.5. The zero-order chi connectivity index (χ0) is 65.3. The summed E-state index contributed by atoms with van der Waals surface area (Å²) in [6.07, 6.45) is 0. The molecule has 0 unspecified atom stereocenters. The van der Waals surface area contributed by atoms with Crippen molar-refractivity contribution in [2.45, 2.75) is 0 Å². The maximum atomic E-state index is 9.98. The van der Waals surface area contributed by atoms with Gasteiger partial charge in [0.15, 0.2) is 0 Å². The summed E-state index contributed by atoms with van der Waals surface area (Å²) >= 11 is 0. The van der Waals surface area contributed by atoms with E-state index >= 15 is 0 Å². The molecule has 0 atom stereocenters. The average molecular weight is 758 g/mol. The molecule has 0 saturated heterocycles. The van der Waals surface area contributed by atoms with Crippen molar-refractivity contribution < 1.29 is 43.9 Å². The lowest BCUT2D eigenvalue weighted by molar-refractivity contribution is 1.17. The lowest BCUT2D eigenvalue weighted by Gasteiger charge is -2.19. The van der Waals surface area contributed by atoms with Crippen LogP contribution in [0.2, 0.25) is 0 Å². The Morgan fingerprint density at radius 1 is 0.298 bits per heavy atom. The van der Waals surface area contributed by atoms with E-state index in [0.717, 1.165) is 25.8 Å². The summed E-state index contributed by atoms with van der Waals surface area (Å²) in [6, 6.07) is -27.1. The minimum Gasteiger partial charge on any atom is -0.309 e. The SMILES string of the molecule is [2H]c1c([2H])c([2H])c(-c2cccc(-c3c([2H])c([2H])c([2H])c([2H])c3[2H])c2-n2c3c([2H])c([2H])c([2H])c([2H])c3c3c(-n4c5c([2H])c([2H])c([2H])c([2H])c5c5c(-n6c7c([2H])c([2H])c([2H])c([2H])c7c7c([2H])c([2H])c([2H])c([2H])c76)c([2H])c([2H])c([2H])c54)c([2H])c([2H])c([2H])c32)c([2H])c1[2H]. The van der Waals surface area contributed by atoms with E-state index in [4.69, 9.17) is 21.9 Å².